The molecule has 11 heavy (non-hydrogen) atoms. The van der Waals surface area contributed by atoms with Crippen molar-refractivity contribution in [2.75, 3.05) is 0 Å². The van der Waals surface area contributed by atoms with Crippen LogP contribution >= 0.6 is 0 Å². The highest BCUT2D eigenvalue weighted by atomic mass is 19.3. The highest BCUT2D eigenvalue weighted by Gasteiger charge is 2.03. The molecule has 0 spiro atoms. The zero-order chi connectivity index (χ0) is 8.27. The van der Waals surface area contributed by atoms with Gasteiger partial charge in [-0.3, -0.25) is 9.48 Å². The molecule has 0 radical (unpaired) electrons. The summed E-state index contributed by atoms with van der Waals surface area (Å²) in [6, 6.07) is 1.30. The molecule has 0 atom stereocenters. The lowest BCUT2D eigenvalue weighted by Crippen LogP contribution is -2.17. The summed E-state index contributed by atoms with van der Waals surface area (Å²) in [5.74, 6) is 0. The van der Waals surface area contributed by atoms with Crippen LogP contribution in [0.15, 0.2) is 17.1 Å². The summed E-state index contributed by atoms with van der Waals surface area (Å²) in [5, 5.41) is 2.53. The van der Waals surface area contributed by atoms with Crippen LogP contribution in [0.3, 0.4) is 0 Å². The van der Waals surface area contributed by atoms with Crippen molar-refractivity contribution in [3.05, 3.63) is 22.6 Å². The molecule has 0 saturated heterocycles. The second kappa shape index (κ2) is 3.32. The summed E-state index contributed by atoms with van der Waals surface area (Å²) >= 11 is 0. The molecule has 0 aliphatic heterocycles. The van der Waals surface area contributed by atoms with E-state index in [4.69, 9.17) is 0 Å². The van der Waals surface area contributed by atoms with E-state index in [9.17, 15) is 13.6 Å². The van der Waals surface area contributed by atoms with Gasteiger partial charge in [0.05, 0.1) is 0 Å². The molecule has 0 amide bonds. The Morgan fingerprint density at radius 2 is 2.36 bits per heavy atom. The molecule has 1 heterocycles. The first kappa shape index (κ1) is 7.97. The van der Waals surface area contributed by atoms with Crippen LogP contribution in [-0.4, -0.2) is 16.2 Å². The number of alkyl halides is 2. The smallest absolute Gasteiger partial charge is 0.266 e. The molecule has 0 unspecified atom stereocenters. The Hall–Kier alpha value is -1.13. The molecule has 0 aromatic carbocycles. The molecule has 0 aliphatic rings. The number of hydrogen-bond acceptors (Lipinski definition) is 1. The van der Waals surface area contributed by atoms with E-state index >= 15 is 0 Å². The van der Waals surface area contributed by atoms with Gasteiger partial charge in [-0.25, -0.2) is 8.78 Å². The maximum absolute atomic E-state index is 11.6. The molecule has 0 fully saturated rings. The molecule has 1 aromatic rings. The van der Waals surface area contributed by atoms with Gasteiger partial charge in [0.2, 0.25) is 6.43 Å². The Labute approximate surface area is 61.6 Å². The number of nitrogens with one attached hydrogen (secondary N) is 1. The zero-order valence-electron chi connectivity index (χ0n) is 5.76. The van der Waals surface area contributed by atoms with Crippen LogP contribution in [0.5, 0.6) is 0 Å². The second-order valence-corrected chi connectivity index (χ2v) is 2.13. The fourth-order valence-corrected chi connectivity index (χ4v) is 0.754. The van der Waals surface area contributed by atoms with E-state index in [0.717, 1.165) is 4.68 Å². The van der Waals surface area contributed by atoms with E-state index in [-0.39, 0.29) is 18.5 Å². The van der Waals surface area contributed by atoms with Gasteiger partial charge in [-0.15, -0.1) is 0 Å². The van der Waals surface area contributed by atoms with Gasteiger partial charge in [0, 0.05) is 25.2 Å². The van der Waals surface area contributed by atoms with Gasteiger partial charge in [0.1, 0.15) is 0 Å². The van der Waals surface area contributed by atoms with Crippen molar-refractivity contribution in [3.8, 4) is 0 Å². The summed E-state index contributed by atoms with van der Waals surface area (Å²) in [6.07, 6.45) is -1.22. The monoisotopic (exact) mass is 162 g/mol. The molecular weight excluding hydrogens is 154 g/mol. The minimum atomic E-state index is -2.36. The van der Waals surface area contributed by atoms with Crippen LogP contribution in [0.2, 0.25) is 0 Å². The largest absolute Gasteiger partial charge is 0.303 e. The minimum absolute atomic E-state index is 0.0451. The van der Waals surface area contributed by atoms with Gasteiger partial charge in [0.25, 0.3) is 5.56 Å². The third-order valence-electron chi connectivity index (χ3n) is 1.29. The van der Waals surface area contributed by atoms with E-state index in [1.165, 1.54) is 12.3 Å². The van der Waals surface area contributed by atoms with E-state index in [0.29, 0.717) is 0 Å². The fraction of sp³-hybridized carbons (Fsp3) is 0.500. The highest BCUT2D eigenvalue weighted by molar-refractivity contribution is 4.79. The average molecular weight is 162 g/mol. The lowest BCUT2D eigenvalue weighted by Gasteiger charge is -1.99. The molecule has 3 nitrogen and oxygen atoms in total. The Morgan fingerprint density at radius 3 is 2.82 bits per heavy atom. The van der Waals surface area contributed by atoms with Gasteiger partial charge in [-0.2, -0.15) is 0 Å². The van der Waals surface area contributed by atoms with Gasteiger partial charge in [0.15, 0.2) is 0 Å². The van der Waals surface area contributed by atoms with E-state index in [2.05, 4.69) is 5.10 Å². The number of hydrogen-bond donors (Lipinski definition) is 1. The number of aromatic amines is 1. The number of nitrogens with zero attached hydrogens (tertiary/aromatic N) is 1. The number of aromatic nitrogens is 2. The molecule has 1 aromatic heterocycles. The molecule has 0 aliphatic carbocycles. The van der Waals surface area contributed by atoms with Crippen molar-refractivity contribution in [1.29, 1.82) is 0 Å². The minimum Gasteiger partial charge on any atom is -0.303 e. The zero-order valence-corrected chi connectivity index (χ0v) is 5.76. The topological polar surface area (TPSA) is 37.8 Å². The lowest BCUT2D eigenvalue weighted by molar-refractivity contribution is 0.129. The van der Waals surface area contributed by atoms with Crippen LogP contribution in [0.1, 0.15) is 6.42 Å². The van der Waals surface area contributed by atoms with Crippen LogP contribution in [0.4, 0.5) is 8.78 Å². The standard InChI is InChI=1S/C6H8F2N2O/c7-5(8)2-4-10-6(11)1-3-9-10/h1,3,5,9H,2,4H2. The second-order valence-electron chi connectivity index (χ2n) is 2.13. The van der Waals surface area contributed by atoms with Crippen molar-refractivity contribution < 1.29 is 8.78 Å². The first-order valence-corrected chi connectivity index (χ1v) is 3.22. The molecule has 5 heteroatoms. The van der Waals surface area contributed by atoms with Crippen molar-refractivity contribution in [1.82, 2.24) is 9.78 Å². The molecule has 0 bridgehead atoms. The van der Waals surface area contributed by atoms with Crippen LogP contribution < -0.4 is 5.56 Å². The quantitative estimate of drug-likeness (QED) is 0.702. The maximum Gasteiger partial charge on any atom is 0.266 e. The third kappa shape index (κ3) is 2.18. The first-order valence-electron chi connectivity index (χ1n) is 3.22. The predicted octanol–water partition coefficient (Wildman–Crippen LogP) is 0.832. The maximum atomic E-state index is 11.6. The Morgan fingerprint density at radius 1 is 1.64 bits per heavy atom. The summed E-state index contributed by atoms with van der Waals surface area (Å²) in [6.45, 7) is 0.0451. The van der Waals surface area contributed by atoms with Crippen molar-refractivity contribution in [3.63, 3.8) is 0 Å². The summed E-state index contributed by atoms with van der Waals surface area (Å²) in [4.78, 5) is 10.7. The summed E-state index contributed by atoms with van der Waals surface area (Å²) < 4.78 is 24.4. The summed E-state index contributed by atoms with van der Waals surface area (Å²) in [7, 11) is 0. The van der Waals surface area contributed by atoms with Gasteiger partial charge in [-0.1, -0.05) is 0 Å². The first-order chi connectivity index (χ1) is 5.20. The Balaban J connectivity index is 2.51. The van der Waals surface area contributed by atoms with Gasteiger partial charge in [-0.05, 0) is 0 Å². The number of aryl methyl sites for hydroxylation is 1. The summed E-state index contributed by atoms with van der Waals surface area (Å²) in [5.41, 5.74) is -0.273. The number of halogens is 2. The lowest BCUT2D eigenvalue weighted by atomic mass is 10.4. The molecule has 1 N–H and O–H groups in total. The van der Waals surface area contributed by atoms with E-state index in [1.54, 1.807) is 0 Å². The highest BCUT2D eigenvalue weighted by Crippen LogP contribution is 1.98. The molecular formula is C6H8F2N2O. The van der Waals surface area contributed by atoms with E-state index < -0.39 is 6.43 Å². The molecule has 0 saturated carbocycles. The van der Waals surface area contributed by atoms with Crippen molar-refractivity contribution in [2.24, 2.45) is 0 Å². The van der Waals surface area contributed by atoms with Crippen molar-refractivity contribution >= 4 is 0 Å². The van der Waals surface area contributed by atoms with Gasteiger partial charge < -0.3 is 5.10 Å². The normalized spacial score (nSPS) is 10.8. The predicted molar refractivity (Wildman–Crippen MR) is 35.7 cm³/mol. The van der Waals surface area contributed by atoms with Crippen molar-refractivity contribution in [2.45, 2.75) is 19.4 Å². The third-order valence-corrected chi connectivity index (χ3v) is 1.29. The number of H-pyrrole nitrogens is 1. The number of rotatable bonds is 3. The Kier molecular flexibility index (Phi) is 2.40. The van der Waals surface area contributed by atoms with Crippen LogP contribution in [0.25, 0.3) is 0 Å². The fourth-order valence-electron chi connectivity index (χ4n) is 0.754. The van der Waals surface area contributed by atoms with E-state index in [1.807, 2.05) is 0 Å². The Bertz CT molecular complexity index is 266. The molecule has 62 valence electrons. The SMILES string of the molecule is O=c1cc[nH]n1CCC(F)F. The van der Waals surface area contributed by atoms with Crippen LogP contribution in [-0.2, 0) is 6.54 Å². The average Bonchev–Trinajstić information content (AvgIpc) is 2.31. The van der Waals surface area contributed by atoms with Gasteiger partial charge >= 0.3 is 0 Å². The molecule has 1 rings (SSSR count). The van der Waals surface area contributed by atoms with Crippen LogP contribution in [0, 0.1) is 0 Å².